The molecule has 0 radical (unpaired) electrons. The van der Waals surface area contributed by atoms with Gasteiger partial charge in [-0.25, -0.2) is 4.79 Å². The third-order valence-corrected chi connectivity index (χ3v) is 4.17. The van der Waals surface area contributed by atoms with E-state index in [1.54, 1.807) is 60.7 Å². The van der Waals surface area contributed by atoms with Gasteiger partial charge in [0.15, 0.2) is 0 Å². The minimum Gasteiger partial charge on any atom is -0.480 e. The van der Waals surface area contributed by atoms with Gasteiger partial charge in [0.1, 0.15) is 12.1 Å². The maximum Gasteiger partial charge on any atom is 0.326 e. The topological polar surface area (TPSA) is 95.5 Å². The van der Waals surface area contributed by atoms with Crippen LogP contribution in [-0.4, -0.2) is 28.9 Å². The fourth-order valence-electron chi connectivity index (χ4n) is 2.67. The predicted molar refractivity (Wildman–Crippen MR) is 102 cm³/mol. The molecule has 0 aliphatic carbocycles. The molecule has 2 atom stereocenters. The van der Waals surface area contributed by atoms with Gasteiger partial charge in [-0.2, -0.15) is 0 Å². The number of aliphatic carboxylic acids is 1. The summed E-state index contributed by atoms with van der Waals surface area (Å²) in [7, 11) is 0. The molecule has 142 valence electrons. The zero-order valence-corrected chi connectivity index (χ0v) is 15.2. The molecule has 0 fully saturated rings. The van der Waals surface area contributed by atoms with Gasteiger partial charge in [-0.1, -0.05) is 68.3 Å². The van der Waals surface area contributed by atoms with Crippen LogP contribution in [0, 0.1) is 0 Å². The van der Waals surface area contributed by atoms with E-state index in [0.717, 1.165) is 6.42 Å². The molecule has 0 spiro atoms. The SMILES string of the molecule is CCCCC(NC(=O)C(NC(=O)c1ccccc1)c1ccccc1)C(=O)O. The van der Waals surface area contributed by atoms with Gasteiger partial charge in [0, 0.05) is 5.56 Å². The van der Waals surface area contributed by atoms with E-state index in [1.807, 2.05) is 6.92 Å². The van der Waals surface area contributed by atoms with E-state index >= 15 is 0 Å². The lowest BCUT2D eigenvalue weighted by Gasteiger charge is -2.22. The number of amides is 2. The fourth-order valence-corrected chi connectivity index (χ4v) is 2.67. The Bertz CT molecular complexity index is 762. The summed E-state index contributed by atoms with van der Waals surface area (Å²) in [5, 5.41) is 14.6. The van der Waals surface area contributed by atoms with Crippen molar-refractivity contribution in [3.05, 3.63) is 71.8 Å². The van der Waals surface area contributed by atoms with Crippen molar-refractivity contribution in [3.8, 4) is 0 Å². The van der Waals surface area contributed by atoms with Crippen molar-refractivity contribution in [2.75, 3.05) is 0 Å². The molecule has 3 N–H and O–H groups in total. The minimum atomic E-state index is -1.09. The van der Waals surface area contributed by atoms with Crippen LogP contribution < -0.4 is 10.6 Å². The Morgan fingerprint density at radius 1 is 0.926 bits per heavy atom. The zero-order chi connectivity index (χ0) is 19.6. The van der Waals surface area contributed by atoms with Crippen LogP contribution in [0.15, 0.2) is 60.7 Å². The molecule has 0 aliphatic rings. The Kier molecular flexibility index (Phi) is 7.55. The van der Waals surface area contributed by atoms with Crippen LogP contribution in [0.3, 0.4) is 0 Å². The van der Waals surface area contributed by atoms with Crippen LogP contribution >= 0.6 is 0 Å². The monoisotopic (exact) mass is 368 g/mol. The molecule has 6 nitrogen and oxygen atoms in total. The van der Waals surface area contributed by atoms with Crippen molar-refractivity contribution in [2.45, 2.75) is 38.3 Å². The van der Waals surface area contributed by atoms with Crippen LogP contribution in [0.5, 0.6) is 0 Å². The minimum absolute atomic E-state index is 0.339. The molecule has 0 bridgehead atoms. The molecular formula is C21H24N2O4. The first-order valence-corrected chi connectivity index (χ1v) is 8.97. The number of benzene rings is 2. The van der Waals surface area contributed by atoms with Crippen LogP contribution in [0.25, 0.3) is 0 Å². The normalized spacial score (nSPS) is 12.6. The Morgan fingerprint density at radius 2 is 1.52 bits per heavy atom. The highest BCUT2D eigenvalue weighted by atomic mass is 16.4. The molecule has 2 aromatic carbocycles. The number of carbonyl (C=O) groups excluding carboxylic acids is 2. The number of hydrogen-bond donors (Lipinski definition) is 3. The molecule has 0 saturated heterocycles. The lowest BCUT2D eigenvalue weighted by atomic mass is 10.0. The number of carboxylic acids is 1. The molecule has 2 rings (SSSR count). The smallest absolute Gasteiger partial charge is 0.326 e. The van der Waals surface area contributed by atoms with E-state index in [2.05, 4.69) is 10.6 Å². The first-order chi connectivity index (χ1) is 13.0. The first kappa shape index (κ1) is 20.2. The number of unbranched alkanes of at least 4 members (excludes halogenated alkanes) is 1. The third-order valence-electron chi connectivity index (χ3n) is 4.17. The van der Waals surface area contributed by atoms with Crippen LogP contribution in [0.4, 0.5) is 0 Å². The average Bonchev–Trinajstić information content (AvgIpc) is 2.70. The number of hydrogen-bond acceptors (Lipinski definition) is 3. The maximum absolute atomic E-state index is 12.8. The van der Waals surface area contributed by atoms with E-state index in [9.17, 15) is 19.5 Å². The second-order valence-electron chi connectivity index (χ2n) is 6.22. The Morgan fingerprint density at radius 3 is 2.07 bits per heavy atom. The zero-order valence-electron chi connectivity index (χ0n) is 15.2. The van der Waals surface area contributed by atoms with E-state index < -0.39 is 29.9 Å². The summed E-state index contributed by atoms with van der Waals surface area (Å²) in [6.07, 6.45) is 1.85. The lowest BCUT2D eigenvalue weighted by molar-refractivity contribution is -0.142. The van der Waals surface area contributed by atoms with Crippen molar-refractivity contribution in [1.29, 1.82) is 0 Å². The van der Waals surface area contributed by atoms with Crippen molar-refractivity contribution >= 4 is 17.8 Å². The molecule has 6 heteroatoms. The van der Waals surface area contributed by atoms with Gasteiger partial charge in [0.05, 0.1) is 0 Å². The Hall–Kier alpha value is -3.15. The quantitative estimate of drug-likeness (QED) is 0.634. The van der Waals surface area contributed by atoms with Crippen molar-refractivity contribution < 1.29 is 19.5 Å². The fraction of sp³-hybridized carbons (Fsp3) is 0.286. The molecule has 0 aliphatic heterocycles. The van der Waals surface area contributed by atoms with Crippen molar-refractivity contribution in [2.24, 2.45) is 0 Å². The number of carbonyl (C=O) groups is 3. The predicted octanol–water partition coefficient (Wildman–Crippen LogP) is 2.92. The largest absolute Gasteiger partial charge is 0.480 e. The first-order valence-electron chi connectivity index (χ1n) is 8.97. The molecule has 2 aromatic rings. The summed E-state index contributed by atoms with van der Waals surface area (Å²) in [5.41, 5.74) is 1.01. The van der Waals surface area contributed by atoms with Gasteiger partial charge < -0.3 is 15.7 Å². The van der Waals surface area contributed by atoms with Crippen LogP contribution in [-0.2, 0) is 9.59 Å². The highest BCUT2D eigenvalue weighted by Gasteiger charge is 2.27. The van der Waals surface area contributed by atoms with E-state index in [-0.39, 0.29) is 0 Å². The van der Waals surface area contributed by atoms with Crippen molar-refractivity contribution in [1.82, 2.24) is 10.6 Å². The summed E-state index contributed by atoms with van der Waals surface area (Å²) in [6.45, 7) is 1.95. The highest BCUT2D eigenvalue weighted by Crippen LogP contribution is 2.15. The van der Waals surface area contributed by atoms with Gasteiger partial charge in [0.2, 0.25) is 5.91 Å². The molecule has 0 heterocycles. The lowest BCUT2D eigenvalue weighted by Crippen LogP contribution is -2.47. The average molecular weight is 368 g/mol. The highest BCUT2D eigenvalue weighted by molar-refractivity contribution is 5.98. The molecule has 27 heavy (non-hydrogen) atoms. The molecule has 0 aromatic heterocycles. The van der Waals surface area contributed by atoms with E-state index in [4.69, 9.17) is 0 Å². The van der Waals surface area contributed by atoms with Gasteiger partial charge in [-0.15, -0.1) is 0 Å². The standard InChI is InChI=1S/C21H24N2O4/c1-2-3-14-17(21(26)27)22-20(25)18(15-10-6-4-7-11-15)23-19(24)16-12-8-5-9-13-16/h4-13,17-18H,2-3,14H2,1H3,(H,22,25)(H,23,24)(H,26,27). The summed E-state index contributed by atoms with van der Waals surface area (Å²) in [5.74, 6) is -2.04. The van der Waals surface area contributed by atoms with Gasteiger partial charge in [0.25, 0.3) is 5.91 Å². The number of rotatable bonds is 9. The van der Waals surface area contributed by atoms with Gasteiger partial charge in [-0.05, 0) is 24.1 Å². The summed E-state index contributed by atoms with van der Waals surface area (Å²) >= 11 is 0. The third kappa shape index (κ3) is 5.95. The molecule has 2 unspecified atom stereocenters. The molecule has 0 saturated carbocycles. The van der Waals surface area contributed by atoms with Crippen molar-refractivity contribution in [3.63, 3.8) is 0 Å². The maximum atomic E-state index is 12.8. The summed E-state index contributed by atoms with van der Waals surface area (Å²) in [6, 6.07) is 15.4. The summed E-state index contributed by atoms with van der Waals surface area (Å²) in [4.78, 5) is 36.8. The second-order valence-corrected chi connectivity index (χ2v) is 6.22. The van der Waals surface area contributed by atoms with Crippen LogP contribution in [0.1, 0.15) is 48.1 Å². The van der Waals surface area contributed by atoms with E-state index in [0.29, 0.717) is 24.0 Å². The van der Waals surface area contributed by atoms with E-state index in [1.165, 1.54) is 0 Å². The second kappa shape index (κ2) is 10.1. The van der Waals surface area contributed by atoms with Crippen LogP contribution in [0.2, 0.25) is 0 Å². The van der Waals surface area contributed by atoms with Gasteiger partial charge in [-0.3, -0.25) is 9.59 Å². The molecule has 2 amide bonds. The summed E-state index contributed by atoms with van der Waals surface area (Å²) < 4.78 is 0. The Balaban J connectivity index is 2.20. The molecular weight excluding hydrogens is 344 g/mol. The van der Waals surface area contributed by atoms with Gasteiger partial charge >= 0.3 is 5.97 Å². The number of carboxylic acid groups (broad SMARTS) is 1. The Labute approximate surface area is 158 Å². The number of nitrogens with one attached hydrogen (secondary N) is 2.